The molecule has 4 heteroatoms. The monoisotopic (exact) mass is 1110 g/mol. The molecule has 0 atom stereocenters. The maximum atomic E-state index is 7.13. The number of benzene rings is 10. The van der Waals surface area contributed by atoms with Gasteiger partial charge in [0.1, 0.15) is 12.3 Å². The van der Waals surface area contributed by atoms with Gasteiger partial charge in [-0.25, -0.2) is 0 Å². The van der Waals surface area contributed by atoms with Gasteiger partial charge in [0.2, 0.25) is 0 Å². The predicted molar refractivity (Wildman–Crippen MR) is 266 cm³/mol. The van der Waals surface area contributed by atoms with Crippen molar-refractivity contribution in [2.45, 2.75) is 0 Å². The molecule has 0 heterocycles. The Labute approximate surface area is 400 Å². The second kappa shape index (κ2) is 23.2. The maximum Gasteiger partial charge on any atom is 1.00 e. The average molecular weight is 1110 g/mol. The third-order valence-corrected chi connectivity index (χ3v) is 17.0. The van der Waals surface area contributed by atoms with Gasteiger partial charge in [0.05, 0.1) is 37.1 Å². The minimum atomic E-state index is -0.783. The van der Waals surface area contributed by atoms with E-state index in [4.69, 9.17) is 12.8 Å². The molecule has 0 bridgehead atoms. The van der Waals surface area contributed by atoms with Crippen molar-refractivity contribution in [3.05, 3.63) is 254 Å². The van der Waals surface area contributed by atoms with Crippen LogP contribution in [0.4, 0.5) is 0 Å². The molecule has 0 nitrogen and oxygen atoms in total. The van der Waals surface area contributed by atoms with Crippen LogP contribution in [0, 0.1) is 24.7 Å². The van der Waals surface area contributed by atoms with Crippen LogP contribution in [0.3, 0.4) is 0 Å². The van der Waals surface area contributed by atoms with Crippen LogP contribution in [0.15, 0.2) is 231 Å². The Morgan fingerprint density at radius 3 is 0.903 bits per heavy atom. The van der Waals surface area contributed by atoms with E-state index in [2.05, 4.69) is 206 Å². The molecule has 0 aliphatic carbocycles. The summed E-state index contributed by atoms with van der Waals surface area (Å²) in [5, 5.41) is 15.9. The first-order chi connectivity index (χ1) is 29.7. The minimum Gasteiger partial charge on any atom is -0.366 e. The molecule has 0 aliphatic rings. The molecule has 0 N–H and O–H groups in total. The van der Waals surface area contributed by atoms with Gasteiger partial charge in [-0.15, -0.1) is 35.4 Å². The molecular weight excluding hydrogens is 1060 g/mol. The van der Waals surface area contributed by atoms with Crippen LogP contribution in [0.5, 0.6) is 0 Å². The Morgan fingerprint density at radius 2 is 0.581 bits per heavy atom. The molecule has 10 aromatic rings. The van der Waals surface area contributed by atoms with Crippen LogP contribution in [-0.2, 0) is 44.8 Å². The fraction of sp³-hybridized carbons (Fsp3) is 0.0345. The van der Waals surface area contributed by atoms with Crippen LogP contribution in [0.2, 0.25) is 0 Å². The summed E-state index contributed by atoms with van der Waals surface area (Å²) < 4.78 is 0. The molecule has 10 rings (SSSR count). The third-order valence-electron chi connectivity index (χ3n) is 10.9. The summed E-state index contributed by atoms with van der Waals surface area (Å²) in [5.74, 6) is 4.83. The molecule has 0 amide bonds. The van der Waals surface area contributed by atoms with Crippen molar-refractivity contribution in [3.63, 3.8) is 0 Å². The van der Waals surface area contributed by atoms with Gasteiger partial charge in [0.25, 0.3) is 0 Å². The quantitative estimate of drug-likeness (QED) is 0.0491. The van der Waals surface area contributed by atoms with Crippen molar-refractivity contribution >= 4 is 80.2 Å². The van der Waals surface area contributed by atoms with Gasteiger partial charge in [-0.3, -0.25) is 11.8 Å². The largest absolute Gasteiger partial charge is 1.00 e. The average Bonchev–Trinajstić information content (AvgIpc) is 3.34. The molecule has 10 aromatic carbocycles. The molecule has 0 fully saturated rings. The smallest absolute Gasteiger partial charge is 0.366 e. The molecule has 0 aliphatic heterocycles. The maximum absolute atomic E-state index is 7.13. The molecule has 0 spiro atoms. The molecule has 0 radical (unpaired) electrons. The third kappa shape index (κ3) is 11.4. The Bertz CT molecular complexity index is 2780. The molecule has 0 unspecified atom stereocenters. The van der Waals surface area contributed by atoms with E-state index in [0.29, 0.717) is 0 Å². The van der Waals surface area contributed by atoms with E-state index in [0.717, 1.165) is 21.9 Å². The van der Waals surface area contributed by atoms with E-state index in [1.165, 1.54) is 65.9 Å². The van der Waals surface area contributed by atoms with Crippen molar-refractivity contribution in [2.24, 2.45) is 0 Å². The number of hydrogen-bond acceptors (Lipinski definition) is 0. The minimum absolute atomic E-state index is 0. The summed E-state index contributed by atoms with van der Waals surface area (Å²) in [6.07, 6.45) is 16.8. The molecule has 62 heavy (non-hydrogen) atoms. The van der Waals surface area contributed by atoms with Gasteiger partial charge in [-0.2, -0.15) is 0 Å². The Balaban J connectivity index is 0.000000162. The van der Waals surface area contributed by atoms with E-state index >= 15 is 0 Å². The van der Waals surface area contributed by atoms with Gasteiger partial charge in [-0.05, 0) is 91.6 Å². The van der Waals surface area contributed by atoms with Gasteiger partial charge in [0.15, 0.2) is 0 Å². The van der Waals surface area contributed by atoms with Crippen LogP contribution < -0.4 is 21.2 Å². The van der Waals surface area contributed by atoms with Crippen LogP contribution in [0.1, 0.15) is 11.1 Å². The normalized spacial score (nSPS) is 10.4. The second-order valence-electron chi connectivity index (χ2n) is 14.6. The first-order valence-electron chi connectivity index (χ1n) is 20.3. The summed E-state index contributed by atoms with van der Waals surface area (Å²) in [5.41, 5.74) is 1.64. The fourth-order valence-corrected chi connectivity index (χ4v) is 14.1. The number of fused-ring (bicyclic) bond motifs is 6. The molecule has 0 saturated heterocycles. The zero-order chi connectivity index (χ0) is 40.9. The predicted octanol–water partition coefficient (Wildman–Crippen LogP) is 12.6. The molecule has 0 saturated carbocycles. The summed E-state index contributed by atoms with van der Waals surface area (Å²) in [4.78, 5) is 0. The van der Waals surface area contributed by atoms with Crippen LogP contribution in [0.25, 0.3) is 43.1 Å². The van der Waals surface area contributed by atoms with Crippen LogP contribution >= 0.6 is 15.8 Å². The van der Waals surface area contributed by atoms with Crippen molar-refractivity contribution in [3.8, 4) is 11.8 Å². The standard InChI is InChI=1S/C26H24P2.2C16H9.Ag.Au/c1-5-13-23(14-6-1)27(24-15-7-2-8-16-24)21-22-28(25-17-9-3-10-18-25)26-19-11-4-12-20-26;2*1-2-12-7-10-16-14(11-12)9-8-13-5-3-4-6-15(13)16;;/h1-20H,21-22H2;2*3-11H;;/q;2*-1;2*+1/p+2. The van der Waals surface area contributed by atoms with E-state index in [-0.39, 0.29) is 44.8 Å². The van der Waals surface area contributed by atoms with Gasteiger partial charge >= 0.3 is 44.8 Å². The Kier molecular flexibility index (Phi) is 17.3. The van der Waals surface area contributed by atoms with Crippen molar-refractivity contribution in [2.75, 3.05) is 12.3 Å². The molecular formula is C58H44AgAuP2+2. The van der Waals surface area contributed by atoms with E-state index in [1.54, 1.807) is 0 Å². The fourth-order valence-electron chi connectivity index (χ4n) is 7.90. The summed E-state index contributed by atoms with van der Waals surface area (Å²) in [6.45, 7) is 0. The number of hydrogen-bond donors (Lipinski definition) is 0. The zero-order valence-electron chi connectivity index (χ0n) is 34.0. The summed E-state index contributed by atoms with van der Waals surface area (Å²) in [6, 6.07) is 81.6. The first-order valence-corrected chi connectivity index (χ1v) is 23.7. The Hall–Kier alpha value is -5.30. The first kappa shape index (κ1) is 46.2. The summed E-state index contributed by atoms with van der Waals surface area (Å²) in [7, 11) is -1.57. The van der Waals surface area contributed by atoms with E-state index in [1.807, 2.05) is 36.4 Å². The van der Waals surface area contributed by atoms with Crippen molar-refractivity contribution in [1.29, 1.82) is 0 Å². The second-order valence-corrected chi connectivity index (χ2v) is 19.8. The van der Waals surface area contributed by atoms with Gasteiger partial charge in [0, 0.05) is 0 Å². The van der Waals surface area contributed by atoms with Gasteiger partial charge < -0.3 is 12.8 Å². The SMILES string of the molecule is [Ag+].[Au+].[C-]#Cc1ccc2c(ccc3ccccc32)c1.[C-]#Cc1ccc2c(ccc3ccccc32)c1.c1ccc([PH+](CC[PH+](c2ccccc2)c2ccccc2)c2ccccc2)cc1. The van der Waals surface area contributed by atoms with Gasteiger partial charge in [-0.1, -0.05) is 158 Å². The number of rotatable bonds is 7. The molecule has 0 aromatic heterocycles. The van der Waals surface area contributed by atoms with E-state index in [9.17, 15) is 0 Å². The topological polar surface area (TPSA) is 0 Å². The van der Waals surface area contributed by atoms with Crippen LogP contribution in [-0.4, -0.2) is 12.3 Å². The Morgan fingerprint density at radius 1 is 0.306 bits per heavy atom. The van der Waals surface area contributed by atoms with Crippen molar-refractivity contribution in [1.82, 2.24) is 0 Å². The van der Waals surface area contributed by atoms with E-state index < -0.39 is 15.8 Å². The molecule has 306 valence electrons. The van der Waals surface area contributed by atoms with Crippen molar-refractivity contribution < 1.29 is 44.8 Å². The zero-order valence-corrected chi connectivity index (χ0v) is 39.6. The summed E-state index contributed by atoms with van der Waals surface area (Å²) >= 11 is 0.